The normalized spacial score (nSPS) is 10.1. The number of nitrogens with zero attached hydrogens (tertiary/aromatic N) is 2. The summed E-state index contributed by atoms with van der Waals surface area (Å²) in [5, 5.41) is 10.6. The molecule has 2 aromatic rings. The van der Waals surface area contributed by atoms with Gasteiger partial charge in [-0.05, 0) is 18.6 Å². The minimum Gasteiger partial charge on any atom is -0.283 e. The molecule has 0 fully saturated rings. The van der Waals surface area contributed by atoms with Gasteiger partial charge in [0.25, 0.3) is 0 Å². The van der Waals surface area contributed by atoms with Crippen LogP contribution in [0.25, 0.3) is 0 Å². The van der Waals surface area contributed by atoms with Crippen LogP contribution in [0.1, 0.15) is 10.7 Å². The molecule has 0 unspecified atom stereocenters. The Labute approximate surface area is 92.0 Å². The van der Waals surface area contributed by atoms with E-state index in [-0.39, 0.29) is 0 Å². The van der Waals surface area contributed by atoms with Crippen molar-refractivity contribution in [1.82, 2.24) is 9.97 Å². The molecular weight excluding hydrogens is 206 g/mol. The monoisotopic (exact) mass is 217 g/mol. The molecule has 0 aliphatic rings. The lowest BCUT2D eigenvalue weighted by Crippen LogP contribution is -2.03. The first-order valence-corrected chi connectivity index (χ1v) is 5.62. The first-order chi connectivity index (χ1) is 7.34. The summed E-state index contributed by atoms with van der Waals surface area (Å²) in [5.41, 5.74) is 1.26. The van der Waals surface area contributed by atoms with Crippen LogP contribution >= 0.6 is 11.3 Å². The quantitative estimate of drug-likeness (QED) is 0.852. The van der Waals surface area contributed by atoms with Crippen LogP contribution in [0.4, 0.5) is 0 Å². The molecule has 0 amide bonds. The van der Waals surface area contributed by atoms with Crippen LogP contribution in [-0.2, 0) is 12.8 Å². The molecular formula is C11H11N3S. The summed E-state index contributed by atoms with van der Waals surface area (Å²) in [6.45, 7) is 0. The van der Waals surface area contributed by atoms with Crippen molar-refractivity contribution in [3.63, 3.8) is 0 Å². The standard InChI is InChI=1S/C11H11N3S/c12-10-4-2-1-3-9(14-10)5-6-11-13-7-8-15-11/h1-4,7-8,12H,5-6H2. The predicted octanol–water partition coefficient (Wildman–Crippen LogP) is 1.80. The van der Waals surface area contributed by atoms with Gasteiger partial charge in [0.15, 0.2) is 0 Å². The van der Waals surface area contributed by atoms with Crippen LogP contribution in [-0.4, -0.2) is 9.97 Å². The van der Waals surface area contributed by atoms with Crippen LogP contribution in [0, 0.1) is 5.41 Å². The van der Waals surface area contributed by atoms with Gasteiger partial charge >= 0.3 is 0 Å². The summed E-state index contributed by atoms with van der Waals surface area (Å²) in [6, 6.07) is 7.39. The second kappa shape index (κ2) is 4.79. The number of nitrogens with one attached hydrogen (secondary N) is 1. The summed E-state index contributed by atoms with van der Waals surface area (Å²) < 4.78 is 0. The van der Waals surface area contributed by atoms with E-state index in [1.54, 1.807) is 17.4 Å². The molecule has 0 atom stereocenters. The molecule has 0 aromatic carbocycles. The van der Waals surface area contributed by atoms with E-state index in [4.69, 9.17) is 5.41 Å². The molecule has 0 radical (unpaired) electrons. The van der Waals surface area contributed by atoms with Gasteiger partial charge in [-0.2, -0.15) is 0 Å². The molecule has 4 heteroatoms. The number of thiazole rings is 1. The molecule has 0 saturated heterocycles. The maximum atomic E-state index is 7.48. The van der Waals surface area contributed by atoms with E-state index >= 15 is 0 Å². The van der Waals surface area contributed by atoms with Crippen molar-refractivity contribution in [2.24, 2.45) is 0 Å². The maximum Gasteiger partial charge on any atom is 0.144 e. The lowest BCUT2D eigenvalue weighted by molar-refractivity contribution is 0.889. The van der Waals surface area contributed by atoms with Crippen LogP contribution in [0.3, 0.4) is 0 Å². The second-order valence-corrected chi connectivity index (χ2v) is 4.11. The zero-order valence-corrected chi connectivity index (χ0v) is 9.00. The van der Waals surface area contributed by atoms with E-state index in [0.717, 1.165) is 23.5 Å². The molecule has 1 N–H and O–H groups in total. The molecule has 0 aliphatic heterocycles. The summed E-state index contributed by atoms with van der Waals surface area (Å²) >= 11 is 1.66. The highest BCUT2D eigenvalue weighted by atomic mass is 32.1. The molecule has 3 nitrogen and oxygen atoms in total. The summed E-state index contributed by atoms with van der Waals surface area (Å²) in [6.07, 6.45) is 3.55. The van der Waals surface area contributed by atoms with Crippen molar-refractivity contribution in [2.75, 3.05) is 0 Å². The van der Waals surface area contributed by atoms with Crippen molar-refractivity contribution < 1.29 is 0 Å². The topological polar surface area (TPSA) is 49.6 Å². The van der Waals surface area contributed by atoms with E-state index in [9.17, 15) is 0 Å². The van der Waals surface area contributed by atoms with Crippen LogP contribution in [0.15, 0.2) is 35.8 Å². The van der Waals surface area contributed by atoms with Crippen molar-refractivity contribution in [2.45, 2.75) is 12.8 Å². The Kier molecular flexibility index (Phi) is 3.19. The molecule has 0 saturated carbocycles. The van der Waals surface area contributed by atoms with Gasteiger partial charge in [0.1, 0.15) is 5.49 Å². The molecule has 76 valence electrons. The van der Waals surface area contributed by atoms with E-state index in [0.29, 0.717) is 5.49 Å². The minimum absolute atomic E-state index is 0.314. The van der Waals surface area contributed by atoms with Crippen LogP contribution in [0.5, 0.6) is 0 Å². The first-order valence-electron chi connectivity index (χ1n) is 4.74. The number of aryl methyl sites for hydroxylation is 2. The van der Waals surface area contributed by atoms with E-state index < -0.39 is 0 Å². The summed E-state index contributed by atoms with van der Waals surface area (Å²) in [5.74, 6) is 0. The highest BCUT2D eigenvalue weighted by Crippen LogP contribution is 2.07. The van der Waals surface area contributed by atoms with Gasteiger partial charge in [0, 0.05) is 23.7 Å². The van der Waals surface area contributed by atoms with Gasteiger partial charge in [-0.3, -0.25) is 5.41 Å². The number of hydrogen-bond acceptors (Lipinski definition) is 4. The molecule has 2 rings (SSSR count). The molecule has 0 bridgehead atoms. The van der Waals surface area contributed by atoms with Gasteiger partial charge < -0.3 is 0 Å². The summed E-state index contributed by atoms with van der Waals surface area (Å²) in [7, 11) is 0. The fourth-order valence-electron chi connectivity index (χ4n) is 1.29. The number of hydrogen-bond donors (Lipinski definition) is 1. The van der Waals surface area contributed by atoms with Crippen molar-refractivity contribution >= 4 is 11.3 Å². The van der Waals surface area contributed by atoms with Gasteiger partial charge in [0.05, 0.1) is 5.01 Å². The largest absolute Gasteiger partial charge is 0.283 e. The Bertz CT molecular complexity index is 479. The van der Waals surface area contributed by atoms with Gasteiger partial charge in [-0.25, -0.2) is 9.97 Å². The maximum absolute atomic E-state index is 7.48. The van der Waals surface area contributed by atoms with E-state index in [1.165, 1.54) is 0 Å². The van der Waals surface area contributed by atoms with Gasteiger partial charge in [0.2, 0.25) is 0 Å². The highest BCUT2D eigenvalue weighted by molar-refractivity contribution is 7.09. The predicted molar refractivity (Wildman–Crippen MR) is 59.6 cm³/mol. The molecule has 0 aliphatic carbocycles. The lowest BCUT2D eigenvalue weighted by Gasteiger charge is -1.94. The molecule has 15 heavy (non-hydrogen) atoms. The van der Waals surface area contributed by atoms with Gasteiger partial charge in [-0.15, -0.1) is 11.3 Å². The van der Waals surface area contributed by atoms with E-state index in [2.05, 4.69) is 9.97 Å². The van der Waals surface area contributed by atoms with Crippen LogP contribution in [0.2, 0.25) is 0 Å². The third-order valence-corrected chi connectivity index (χ3v) is 2.84. The smallest absolute Gasteiger partial charge is 0.144 e. The van der Waals surface area contributed by atoms with Crippen molar-refractivity contribution in [3.8, 4) is 0 Å². The Hall–Kier alpha value is -1.55. The third kappa shape index (κ3) is 2.95. The number of rotatable bonds is 3. The Morgan fingerprint density at radius 3 is 2.87 bits per heavy atom. The Morgan fingerprint density at radius 2 is 2.07 bits per heavy atom. The first kappa shape index (κ1) is 9.98. The van der Waals surface area contributed by atoms with Crippen LogP contribution < -0.4 is 5.49 Å². The third-order valence-electron chi connectivity index (χ3n) is 2.00. The number of aromatic nitrogens is 2. The average molecular weight is 217 g/mol. The minimum atomic E-state index is 0.314. The highest BCUT2D eigenvalue weighted by Gasteiger charge is 1.97. The fourth-order valence-corrected chi connectivity index (χ4v) is 1.91. The molecule has 2 aromatic heterocycles. The average Bonchev–Trinajstić information content (AvgIpc) is 2.65. The zero-order chi connectivity index (χ0) is 10.5. The van der Waals surface area contributed by atoms with Gasteiger partial charge in [-0.1, -0.05) is 12.1 Å². The lowest BCUT2D eigenvalue weighted by atomic mass is 10.2. The van der Waals surface area contributed by atoms with Crippen molar-refractivity contribution in [3.05, 3.63) is 52.0 Å². The second-order valence-electron chi connectivity index (χ2n) is 3.13. The summed E-state index contributed by atoms with van der Waals surface area (Å²) in [4.78, 5) is 8.39. The van der Waals surface area contributed by atoms with Crippen molar-refractivity contribution in [1.29, 1.82) is 5.41 Å². The molecule has 2 heterocycles. The zero-order valence-electron chi connectivity index (χ0n) is 8.18. The fraction of sp³-hybridized carbons (Fsp3) is 0.182. The SMILES string of the molecule is N=c1ccccc(CCc2nccs2)n1. The van der Waals surface area contributed by atoms with E-state index in [1.807, 2.05) is 29.8 Å². The Morgan fingerprint density at radius 1 is 1.20 bits per heavy atom. The molecule has 0 spiro atoms. The Balaban J connectivity index is 2.09.